The van der Waals surface area contributed by atoms with Crippen molar-refractivity contribution in [2.45, 2.75) is 52.1 Å². The molecule has 0 spiro atoms. The summed E-state index contributed by atoms with van der Waals surface area (Å²) in [6.07, 6.45) is 3.87. The maximum atomic E-state index is 5.31. The smallest absolute Gasteiger partial charge is 0.0628 e. The van der Waals surface area contributed by atoms with Gasteiger partial charge in [0.05, 0.1) is 6.61 Å². The van der Waals surface area contributed by atoms with Gasteiger partial charge in [-0.2, -0.15) is 0 Å². The molecule has 0 aliphatic carbocycles. The van der Waals surface area contributed by atoms with Gasteiger partial charge in [-0.05, 0) is 45.2 Å². The second-order valence-electron chi connectivity index (χ2n) is 5.58. The minimum Gasteiger partial charge on any atom is -0.383 e. The van der Waals surface area contributed by atoms with E-state index in [1.54, 1.807) is 7.11 Å². The van der Waals surface area contributed by atoms with Gasteiger partial charge in [0.25, 0.3) is 0 Å². The van der Waals surface area contributed by atoms with E-state index in [0.717, 1.165) is 31.7 Å². The Hall–Kier alpha value is -0.120. The van der Waals surface area contributed by atoms with Crippen LogP contribution in [-0.2, 0) is 4.74 Å². The average molecular weight is 242 g/mol. The molecule has 3 heteroatoms. The molecular formula is C14H30N2O. The number of hydrogen-bond acceptors (Lipinski definition) is 3. The number of nitrogens with zero attached hydrogens (tertiary/aromatic N) is 1. The molecule has 1 aliphatic heterocycles. The lowest BCUT2D eigenvalue weighted by Crippen LogP contribution is -2.49. The summed E-state index contributed by atoms with van der Waals surface area (Å²) >= 11 is 0. The van der Waals surface area contributed by atoms with Gasteiger partial charge in [-0.15, -0.1) is 0 Å². The lowest BCUT2D eigenvalue weighted by Gasteiger charge is -2.38. The van der Waals surface area contributed by atoms with Crippen molar-refractivity contribution < 1.29 is 4.74 Å². The van der Waals surface area contributed by atoms with E-state index in [9.17, 15) is 0 Å². The summed E-state index contributed by atoms with van der Waals surface area (Å²) in [5.41, 5.74) is 0. The molecule has 3 nitrogen and oxygen atoms in total. The first-order chi connectivity index (χ1) is 8.17. The molecule has 1 heterocycles. The van der Waals surface area contributed by atoms with E-state index in [4.69, 9.17) is 4.74 Å². The zero-order valence-corrected chi connectivity index (χ0v) is 12.0. The van der Waals surface area contributed by atoms with Crippen LogP contribution in [0.4, 0.5) is 0 Å². The minimum absolute atomic E-state index is 0.482. The van der Waals surface area contributed by atoms with E-state index >= 15 is 0 Å². The SMILES string of the molecule is CCCNC(COC)CN1CCC(C)CC1C. The van der Waals surface area contributed by atoms with Crippen molar-refractivity contribution in [3.8, 4) is 0 Å². The predicted octanol–water partition coefficient (Wildman–Crippen LogP) is 2.12. The summed E-state index contributed by atoms with van der Waals surface area (Å²) in [4.78, 5) is 2.62. The molecule has 0 aromatic carbocycles. The van der Waals surface area contributed by atoms with Gasteiger partial charge in [-0.1, -0.05) is 13.8 Å². The predicted molar refractivity (Wildman–Crippen MR) is 73.4 cm³/mol. The fourth-order valence-corrected chi connectivity index (χ4v) is 2.74. The van der Waals surface area contributed by atoms with E-state index in [0.29, 0.717) is 6.04 Å². The molecule has 0 aromatic heterocycles. The van der Waals surface area contributed by atoms with Crippen LogP contribution in [0.3, 0.4) is 0 Å². The Morgan fingerprint density at radius 2 is 2.18 bits per heavy atom. The zero-order chi connectivity index (χ0) is 12.7. The van der Waals surface area contributed by atoms with Crippen LogP contribution in [0, 0.1) is 5.92 Å². The molecule has 0 bridgehead atoms. The maximum Gasteiger partial charge on any atom is 0.0628 e. The van der Waals surface area contributed by atoms with Gasteiger partial charge in [0.2, 0.25) is 0 Å². The maximum absolute atomic E-state index is 5.31. The fraction of sp³-hybridized carbons (Fsp3) is 1.00. The molecule has 0 aromatic rings. The van der Waals surface area contributed by atoms with Crippen molar-refractivity contribution in [1.29, 1.82) is 0 Å². The van der Waals surface area contributed by atoms with Crippen molar-refractivity contribution in [2.75, 3.05) is 33.4 Å². The van der Waals surface area contributed by atoms with Crippen LogP contribution in [0.1, 0.15) is 40.0 Å². The van der Waals surface area contributed by atoms with Crippen molar-refractivity contribution in [2.24, 2.45) is 5.92 Å². The molecule has 102 valence electrons. The zero-order valence-electron chi connectivity index (χ0n) is 12.0. The van der Waals surface area contributed by atoms with Gasteiger partial charge < -0.3 is 10.1 Å². The molecule has 0 amide bonds. The van der Waals surface area contributed by atoms with Crippen molar-refractivity contribution in [3.05, 3.63) is 0 Å². The van der Waals surface area contributed by atoms with Crippen LogP contribution in [0.2, 0.25) is 0 Å². The third-order valence-electron chi connectivity index (χ3n) is 3.78. The lowest BCUT2D eigenvalue weighted by molar-refractivity contribution is 0.0888. The number of nitrogens with one attached hydrogen (secondary N) is 1. The van der Waals surface area contributed by atoms with E-state index < -0.39 is 0 Å². The molecule has 1 fully saturated rings. The summed E-state index contributed by atoms with van der Waals surface area (Å²) in [5, 5.41) is 3.58. The van der Waals surface area contributed by atoms with Gasteiger partial charge >= 0.3 is 0 Å². The number of rotatable bonds is 7. The second kappa shape index (κ2) is 8.06. The lowest BCUT2D eigenvalue weighted by atomic mass is 9.93. The van der Waals surface area contributed by atoms with E-state index in [2.05, 4.69) is 31.0 Å². The monoisotopic (exact) mass is 242 g/mol. The second-order valence-corrected chi connectivity index (χ2v) is 5.58. The summed E-state index contributed by atoms with van der Waals surface area (Å²) in [6.45, 7) is 11.2. The van der Waals surface area contributed by atoms with E-state index in [1.165, 1.54) is 25.8 Å². The van der Waals surface area contributed by atoms with Crippen LogP contribution in [-0.4, -0.2) is 50.3 Å². The number of methoxy groups -OCH3 is 1. The van der Waals surface area contributed by atoms with Crippen molar-refractivity contribution in [3.63, 3.8) is 0 Å². The van der Waals surface area contributed by atoms with E-state index in [-0.39, 0.29) is 0 Å². The number of ether oxygens (including phenoxy) is 1. The molecule has 3 atom stereocenters. The van der Waals surface area contributed by atoms with Gasteiger partial charge in [-0.25, -0.2) is 0 Å². The van der Waals surface area contributed by atoms with Crippen LogP contribution >= 0.6 is 0 Å². The quantitative estimate of drug-likeness (QED) is 0.740. The minimum atomic E-state index is 0.482. The van der Waals surface area contributed by atoms with Gasteiger partial charge in [0.1, 0.15) is 0 Å². The highest BCUT2D eigenvalue weighted by Gasteiger charge is 2.24. The Labute approximate surface area is 107 Å². The molecule has 1 rings (SSSR count). The highest BCUT2D eigenvalue weighted by Crippen LogP contribution is 2.22. The largest absolute Gasteiger partial charge is 0.383 e. The fourth-order valence-electron chi connectivity index (χ4n) is 2.74. The van der Waals surface area contributed by atoms with Crippen molar-refractivity contribution >= 4 is 0 Å². The molecule has 0 radical (unpaired) electrons. The Balaban J connectivity index is 2.37. The highest BCUT2D eigenvalue weighted by molar-refractivity contribution is 4.81. The molecular weight excluding hydrogens is 212 g/mol. The third kappa shape index (κ3) is 5.36. The van der Waals surface area contributed by atoms with Crippen LogP contribution in [0.5, 0.6) is 0 Å². The number of hydrogen-bond donors (Lipinski definition) is 1. The molecule has 17 heavy (non-hydrogen) atoms. The molecule has 1 aliphatic rings. The molecule has 1 saturated heterocycles. The molecule has 1 N–H and O–H groups in total. The average Bonchev–Trinajstić information content (AvgIpc) is 2.29. The normalized spacial score (nSPS) is 28.2. The Bertz CT molecular complexity index is 199. The number of piperidine rings is 1. The first kappa shape index (κ1) is 14.9. The third-order valence-corrected chi connectivity index (χ3v) is 3.78. The van der Waals surface area contributed by atoms with Gasteiger partial charge in [-0.3, -0.25) is 4.90 Å². The first-order valence-electron chi connectivity index (χ1n) is 7.13. The highest BCUT2D eigenvalue weighted by atomic mass is 16.5. The van der Waals surface area contributed by atoms with Crippen molar-refractivity contribution in [1.82, 2.24) is 10.2 Å². The standard InChI is InChI=1S/C14H30N2O/c1-5-7-15-14(11-17-4)10-16-8-6-12(2)9-13(16)3/h12-15H,5-11H2,1-4H3. The van der Waals surface area contributed by atoms with Crippen LogP contribution in [0.25, 0.3) is 0 Å². The summed E-state index contributed by atoms with van der Waals surface area (Å²) in [6, 6.07) is 1.21. The summed E-state index contributed by atoms with van der Waals surface area (Å²) in [5.74, 6) is 0.894. The van der Waals surface area contributed by atoms with Gasteiger partial charge in [0, 0.05) is 25.7 Å². The van der Waals surface area contributed by atoms with Gasteiger partial charge in [0.15, 0.2) is 0 Å². The van der Waals surface area contributed by atoms with Crippen LogP contribution < -0.4 is 5.32 Å². The Morgan fingerprint density at radius 3 is 2.76 bits per heavy atom. The van der Waals surface area contributed by atoms with E-state index in [1.807, 2.05) is 0 Å². The molecule has 0 saturated carbocycles. The Kier molecular flexibility index (Phi) is 7.09. The topological polar surface area (TPSA) is 24.5 Å². The molecule has 3 unspecified atom stereocenters. The Morgan fingerprint density at radius 1 is 1.41 bits per heavy atom. The first-order valence-corrected chi connectivity index (χ1v) is 7.13. The number of likely N-dealkylation sites (tertiary alicyclic amines) is 1. The summed E-state index contributed by atoms with van der Waals surface area (Å²) in [7, 11) is 1.79. The summed E-state index contributed by atoms with van der Waals surface area (Å²) < 4.78 is 5.31. The van der Waals surface area contributed by atoms with Crippen LogP contribution in [0.15, 0.2) is 0 Å².